The van der Waals surface area contributed by atoms with Gasteiger partial charge in [-0.05, 0) is 37.8 Å². The molecule has 1 fully saturated rings. The third-order valence-electron chi connectivity index (χ3n) is 3.43. The molecule has 0 amide bonds. The maximum atomic E-state index is 5.04. The molecular weight excluding hydrogens is 226 g/mol. The van der Waals surface area contributed by atoms with E-state index in [-0.39, 0.29) is 0 Å². The molecule has 2 rings (SSSR count). The molecule has 0 aliphatic heterocycles. The maximum absolute atomic E-state index is 5.04. The third-order valence-corrected chi connectivity index (χ3v) is 3.43. The van der Waals surface area contributed by atoms with E-state index in [1.807, 2.05) is 12.1 Å². The van der Waals surface area contributed by atoms with Crippen LogP contribution in [-0.2, 0) is 0 Å². The van der Waals surface area contributed by atoms with Crippen molar-refractivity contribution in [3.63, 3.8) is 0 Å². The van der Waals surface area contributed by atoms with E-state index < -0.39 is 0 Å². The highest BCUT2D eigenvalue weighted by Gasteiger charge is 2.23. The molecule has 100 valence electrons. The smallest absolute Gasteiger partial charge is 0.233 e. The van der Waals surface area contributed by atoms with E-state index in [4.69, 9.17) is 4.74 Å². The molecule has 1 N–H and O–H groups in total. The highest BCUT2D eigenvalue weighted by Crippen LogP contribution is 2.35. The largest absolute Gasteiger partial charge is 0.480 e. The quantitative estimate of drug-likeness (QED) is 0.769. The molecule has 0 radical (unpaired) electrons. The molecule has 1 saturated carbocycles. The van der Waals surface area contributed by atoms with Crippen LogP contribution in [0.3, 0.4) is 0 Å². The number of methoxy groups -OCH3 is 1. The van der Waals surface area contributed by atoms with Gasteiger partial charge in [0.2, 0.25) is 5.88 Å². The summed E-state index contributed by atoms with van der Waals surface area (Å²) >= 11 is 0. The molecule has 1 heterocycles. The van der Waals surface area contributed by atoms with E-state index in [0.717, 1.165) is 31.0 Å². The van der Waals surface area contributed by atoms with Crippen molar-refractivity contribution in [2.75, 3.05) is 13.7 Å². The van der Waals surface area contributed by atoms with Crippen LogP contribution in [0, 0.1) is 5.92 Å². The number of hydrogen-bond donors (Lipinski definition) is 1. The van der Waals surface area contributed by atoms with Crippen LogP contribution in [0.2, 0.25) is 0 Å². The van der Waals surface area contributed by atoms with Gasteiger partial charge in [0.05, 0.1) is 18.8 Å². The number of nitrogens with one attached hydrogen (secondary N) is 1. The van der Waals surface area contributed by atoms with Gasteiger partial charge >= 0.3 is 0 Å². The summed E-state index contributed by atoms with van der Waals surface area (Å²) in [6, 6.07) is 4.25. The Hall–Kier alpha value is -1.16. The van der Waals surface area contributed by atoms with Crippen molar-refractivity contribution in [2.45, 2.75) is 45.1 Å². The third kappa shape index (κ3) is 3.95. The molecule has 1 aliphatic carbocycles. The average molecular weight is 249 g/mol. The Morgan fingerprint density at radius 2 is 2.22 bits per heavy atom. The lowest BCUT2D eigenvalue weighted by Gasteiger charge is -2.17. The molecule has 4 heteroatoms. The van der Waals surface area contributed by atoms with Crippen LogP contribution >= 0.6 is 0 Å². The second-order valence-corrected chi connectivity index (χ2v) is 5.03. The topological polar surface area (TPSA) is 47.0 Å². The Balaban J connectivity index is 1.94. The normalized spacial score (nSPS) is 16.6. The monoisotopic (exact) mass is 249 g/mol. The van der Waals surface area contributed by atoms with E-state index in [0.29, 0.717) is 11.9 Å². The summed E-state index contributed by atoms with van der Waals surface area (Å²) in [7, 11) is 1.61. The van der Waals surface area contributed by atoms with E-state index in [1.54, 1.807) is 7.11 Å². The molecule has 0 spiro atoms. The summed E-state index contributed by atoms with van der Waals surface area (Å²) < 4.78 is 5.04. The number of hydrogen-bond acceptors (Lipinski definition) is 4. The fourth-order valence-electron chi connectivity index (χ4n) is 2.11. The summed E-state index contributed by atoms with van der Waals surface area (Å²) in [6.45, 7) is 3.22. The van der Waals surface area contributed by atoms with E-state index in [2.05, 4.69) is 22.4 Å². The minimum atomic E-state index is 0.337. The first-order chi connectivity index (χ1) is 8.83. The summed E-state index contributed by atoms with van der Waals surface area (Å²) in [5.41, 5.74) is 1.03. The van der Waals surface area contributed by atoms with Gasteiger partial charge in [-0.3, -0.25) is 0 Å². The summed E-state index contributed by atoms with van der Waals surface area (Å²) in [4.78, 5) is 0. The van der Waals surface area contributed by atoms with Crippen molar-refractivity contribution >= 4 is 0 Å². The molecule has 0 saturated heterocycles. The number of rotatable bonds is 8. The van der Waals surface area contributed by atoms with E-state index in [1.165, 1.54) is 19.3 Å². The van der Waals surface area contributed by atoms with Crippen LogP contribution in [0.25, 0.3) is 0 Å². The van der Waals surface area contributed by atoms with Gasteiger partial charge < -0.3 is 10.1 Å². The van der Waals surface area contributed by atoms with Crippen LogP contribution in [0.15, 0.2) is 12.1 Å². The highest BCUT2D eigenvalue weighted by atomic mass is 16.5. The van der Waals surface area contributed by atoms with Crippen molar-refractivity contribution in [3.8, 4) is 5.88 Å². The number of aromatic nitrogens is 2. The lowest BCUT2D eigenvalue weighted by molar-refractivity contribution is 0.387. The standard InChI is InChI=1S/C14H23N3O/c1-3-10-15-12(7-6-11-4-5-11)13-8-9-14(18-2)17-16-13/h8-9,11-12,15H,3-7,10H2,1-2H3. The molecule has 0 aromatic carbocycles. The van der Waals surface area contributed by atoms with E-state index in [9.17, 15) is 0 Å². The Kier molecular flexibility index (Phi) is 4.93. The van der Waals surface area contributed by atoms with Crippen LogP contribution in [0.1, 0.15) is 50.8 Å². The SMILES string of the molecule is CCCNC(CCC1CC1)c1ccc(OC)nn1. The van der Waals surface area contributed by atoms with Crippen LogP contribution in [-0.4, -0.2) is 23.9 Å². The minimum absolute atomic E-state index is 0.337. The zero-order valence-corrected chi connectivity index (χ0v) is 11.4. The first-order valence-electron chi connectivity index (χ1n) is 6.94. The molecule has 1 aromatic rings. The van der Waals surface area contributed by atoms with Crippen molar-refractivity contribution in [1.29, 1.82) is 0 Å². The molecule has 1 atom stereocenters. The van der Waals surface area contributed by atoms with Crippen molar-refractivity contribution in [2.24, 2.45) is 5.92 Å². The van der Waals surface area contributed by atoms with Gasteiger partial charge in [0, 0.05) is 6.07 Å². The fraction of sp³-hybridized carbons (Fsp3) is 0.714. The van der Waals surface area contributed by atoms with Gasteiger partial charge in [0.25, 0.3) is 0 Å². The lowest BCUT2D eigenvalue weighted by Crippen LogP contribution is -2.23. The summed E-state index contributed by atoms with van der Waals surface area (Å²) in [5.74, 6) is 1.54. The molecule has 1 unspecified atom stereocenters. The first kappa shape index (κ1) is 13.3. The van der Waals surface area contributed by atoms with Gasteiger partial charge in [0.1, 0.15) is 0 Å². The molecule has 1 aliphatic rings. The maximum Gasteiger partial charge on any atom is 0.233 e. The summed E-state index contributed by atoms with van der Waals surface area (Å²) in [5, 5.41) is 11.9. The van der Waals surface area contributed by atoms with Crippen molar-refractivity contribution < 1.29 is 4.74 Å². The van der Waals surface area contributed by atoms with Crippen LogP contribution in [0.5, 0.6) is 5.88 Å². The summed E-state index contributed by atoms with van der Waals surface area (Å²) in [6.07, 6.45) is 6.42. The predicted octanol–water partition coefficient (Wildman–Crippen LogP) is 2.72. The molecule has 0 bridgehead atoms. The average Bonchev–Trinajstić information content (AvgIpc) is 3.23. The fourth-order valence-corrected chi connectivity index (χ4v) is 2.11. The zero-order valence-electron chi connectivity index (χ0n) is 11.4. The van der Waals surface area contributed by atoms with Gasteiger partial charge in [-0.15, -0.1) is 5.10 Å². The van der Waals surface area contributed by atoms with Crippen molar-refractivity contribution in [1.82, 2.24) is 15.5 Å². The molecule has 1 aromatic heterocycles. The molecule has 18 heavy (non-hydrogen) atoms. The highest BCUT2D eigenvalue weighted by molar-refractivity contribution is 5.14. The minimum Gasteiger partial charge on any atom is -0.480 e. The van der Waals surface area contributed by atoms with E-state index >= 15 is 0 Å². The predicted molar refractivity (Wildman–Crippen MR) is 71.6 cm³/mol. The molecular formula is C14H23N3O. The van der Waals surface area contributed by atoms with Crippen LogP contribution < -0.4 is 10.1 Å². The zero-order chi connectivity index (χ0) is 12.8. The van der Waals surface area contributed by atoms with Gasteiger partial charge in [0.15, 0.2) is 0 Å². The van der Waals surface area contributed by atoms with Gasteiger partial charge in [-0.1, -0.05) is 19.8 Å². The Morgan fingerprint density at radius 1 is 1.39 bits per heavy atom. The Bertz CT molecular complexity index is 349. The second kappa shape index (κ2) is 6.69. The first-order valence-corrected chi connectivity index (χ1v) is 6.94. The van der Waals surface area contributed by atoms with Gasteiger partial charge in [-0.25, -0.2) is 0 Å². The van der Waals surface area contributed by atoms with Gasteiger partial charge in [-0.2, -0.15) is 5.10 Å². The molecule has 4 nitrogen and oxygen atoms in total. The van der Waals surface area contributed by atoms with Crippen LogP contribution in [0.4, 0.5) is 0 Å². The van der Waals surface area contributed by atoms with Crippen molar-refractivity contribution in [3.05, 3.63) is 17.8 Å². The lowest BCUT2D eigenvalue weighted by atomic mass is 10.1. The number of nitrogens with zero attached hydrogens (tertiary/aromatic N) is 2. The number of ether oxygens (including phenoxy) is 1. The Labute approximate surface area is 109 Å². The second-order valence-electron chi connectivity index (χ2n) is 5.03. The Morgan fingerprint density at radius 3 is 2.78 bits per heavy atom.